The topological polar surface area (TPSA) is 40.1 Å². The molecule has 2 fully saturated rings. The minimum absolute atomic E-state index is 0. The fourth-order valence-corrected chi connectivity index (χ4v) is 3.60. The number of piperidine rings is 1. The smallest absolute Gasteiger partial charge is 0.193 e. The second-order valence-corrected chi connectivity index (χ2v) is 6.71. The van der Waals surface area contributed by atoms with Crippen LogP contribution < -0.4 is 5.32 Å². The van der Waals surface area contributed by atoms with E-state index in [4.69, 9.17) is 9.73 Å². The Morgan fingerprint density at radius 2 is 2.04 bits per heavy atom. The van der Waals surface area contributed by atoms with Gasteiger partial charge in [-0.3, -0.25) is 9.89 Å². The number of nitrogens with zero attached hydrogens (tertiary/aromatic N) is 3. The summed E-state index contributed by atoms with van der Waals surface area (Å²) < 4.78 is 5.23. The molecular formula is C17H35IN4O. The van der Waals surface area contributed by atoms with E-state index in [1.165, 1.54) is 32.2 Å². The van der Waals surface area contributed by atoms with Crippen LogP contribution in [0, 0.1) is 5.92 Å². The van der Waals surface area contributed by atoms with Gasteiger partial charge in [0.25, 0.3) is 0 Å². The molecule has 2 unspecified atom stereocenters. The lowest BCUT2D eigenvalue weighted by Gasteiger charge is -2.34. The highest BCUT2D eigenvalue weighted by atomic mass is 127. The second-order valence-electron chi connectivity index (χ2n) is 6.71. The first-order chi connectivity index (χ1) is 10.7. The van der Waals surface area contributed by atoms with Crippen molar-refractivity contribution in [1.82, 2.24) is 15.1 Å². The Labute approximate surface area is 159 Å². The molecule has 2 heterocycles. The zero-order valence-electron chi connectivity index (χ0n) is 15.1. The first kappa shape index (κ1) is 21.0. The summed E-state index contributed by atoms with van der Waals surface area (Å²) >= 11 is 0. The third kappa shape index (κ3) is 6.74. The van der Waals surface area contributed by atoms with Gasteiger partial charge in [-0.05, 0) is 45.1 Å². The van der Waals surface area contributed by atoms with Crippen LogP contribution in [0.4, 0.5) is 0 Å². The number of nitrogens with one attached hydrogen (secondary N) is 1. The summed E-state index contributed by atoms with van der Waals surface area (Å²) in [7, 11) is 1.78. The Balaban J connectivity index is 0.00000264. The van der Waals surface area contributed by atoms with Crippen LogP contribution in [0.2, 0.25) is 0 Å². The molecule has 5 nitrogen and oxygen atoms in total. The van der Waals surface area contributed by atoms with Crippen LogP contribution in [0.1, 0.15) is 39.5 Å². The largest absolute Gasteiger partial charge is 0.383 e. The molecule has 0 spiro atoms. The van der Waals surface area contributed by atoms with Gasteiger partial charge in [0.2, 0.25) is 0 Å². The van der Waals surface area contributed by atoms with Gasteiger partial charge in [-0.25, -0.2) is 0 Å². The predicted octanol–water partition coefficient (Wildman–Crippen LogP) is 2.41. The summed E-state index contributed by atoms with van der Waals surface area (Å²) in [4.78, 5) is 9.95. The quantitative estimate of drug-likeness (QED) is 0.393. The van der Waals surface area contributed by atoms with Gasteiger partial charge >= 0.3 is 0 Å². The minimum Gasteiger partial charge on any atom is -0.383 e. The molecule has 0 bridgehead atoms. The molecule has 0 aliphatic carbocycles. The van der Waals surface area contributed by atoms with Crippen LogP contribution in [0.5, 0.6) is 0 Å². The number of aliphatic imine (C=N–C) groups is 1. The van der Waals surface area contributed by atoms with Gasteiger partial charge in [0.15, 0.2) is 5.96 Å². The Morgan fingerprint density at radius 1 is 1.26 bits per heavy atom. The molecule has 0 aromatic carbocycles. The van der Waals surface area contributed by atoms with E-state index >= 15 is 0 Å². The van der Waals surface area contributed by atoms with E-state index < -0.39 is 0 Å². The predicted molar refractivity (Wildman–Crippen MR) is 108 cm³/mol. The van der Waals surface area contributed by atoms with Crippen LogP contribution in [0.25, 0.3) is 0 Å². The SMILES string of the molecule is CCNC(=NCC1CCCN1CCOC)N1CCCC(C)C1.I. The first-order valence-electron chi connectivity index (χ1n) is 9.00. The van der Waals surface area contributed by atoms with Crippen molar-refractivity contribution in [3.63, 3.8) is 0 Å². The van der Waals surface area contributed by atoms with Crippen molar-refractivity contribution in [2.75, 3.05) is 53.0 Å². The molecular weight excluding hydrogens is 403 g/mol. The summed E-state index contributed by atoms with van der Waals surface area (Å²) in [6, 6.07) is 0.589. The summed E-state index contributed by atoms with van der Waals surface area (Å²) in [5.74, 6) is 1.90. The molecule has 2 aliphatic rings. The van der Waals surface area contributed by atoms with E-state index in [1.54, 1.807) is 7.11 Å². The van der Waals surface area contributed by atoms with Crippen molar-refractivity contribution >= 4 is 29.9 Å². The molecule has 0 amide bonds. The van der Waals surface area contributed by atoms with Gasteiger partial charge < -0.3 is 15.0 Å². The number of guanidine groups is 1. The lowest BCUT2D eigenvalue weighted by atomic mass is 10.0. The molecule has 2 rings (SSSR count). The monoisotopic (exact) mass is 438 g/mol. The van der Waals surface area contributed by atoms with E-state index in [0.717, 1.165) is 51.2 Å². The fourth-order valence-electron chi connectivity index (χ4n) is 3.60. The summed E-state index contributed by atoms with van der Waals surface area (Å²) in [5, 5.41) is 3.49. The highest BCUT2D eigenvalue weighted by Gasteiger charge is 2.25. The van der Waals surface area contributed by atoms with Crippen LogP contribution in [0.3, 0.4) is 0 Å². The van der Waals surface area contributed by atoms with Crippen molar-refractivity contribution in [3.05, 3.63) is 0 Å². The molecule has 136 valence electrons. The van der Waals surface area contributed by atoms with E-state index in [0.29, 0.717) is 6.04 Å². The molecule has 2 atom stereocenters. The summed E-state index contributed by atoms with van der Waals surface area (Å²) in [6.07, 6.45) is 5.20. The molecule has 2 saturated heterocycles. The van der Waals surface area contributed by atoms with Crippen molar-refractivity contribution < 1.29 is 4.74 Å². The molecule has 0 aromatic rings. The second kappa shape index (κ2) is 11.5. The average molecular weight is 438 g/mol. The van der Waals surface area contributed by atoms with Crippen molar-refractivity contribution in [2.45, 2.75) is 45.6 Å². The minimum atomic E-state index is 0. The third-order valence-electron chi connectivity index (χ3n) is 4.82. The van der Waals surface area contributed by atoms with Crippen molar-refractivity contribution in [1.29, 1.82) is 0 Å². The van der Waals surface area contributed by atoms with Gasteiger partial charge in [-0.1, -0.05) is 6.92 Å². The number of methoxy groups -OCH3 is 1. The fraction of sp³-hybridized carbons (Fsp3) is 0.941. The Kier molecular flexibility index (Phi) is 10.5. The molecule has 0 aromatic heterocycles. The average Bonchev–Trinajstić information content (AvgIpc) is 2.96. The highest BCUT2D eigenvalue weighted by Crippen LogP contribution is 2.18. The zero-order valence-corrected chi connectivity index (χ0v) is 17.4. The molecule has 23 heavy (non-hydrogen) atoms. The van der Waals surface area contributed by atoms with Gasteiger partial charge in [0.1, 0.15) is 0 Å². The van der Waals surface area contributed by atoms with E-state index in [2.05, 4.69) is 29.0 Å². The maximum absolute atomic E-state index is 5.23. The molecule has 6 heteroatoms. The van der Waals surface area contributed by atoms with E-state index in [1.807, 2.05) is 0 Å². The maximum Gasteiger partial charge on any atom is 0.193 e. The molecule has 2 aliphatic heterocycles. The Morgan fingerprint density at radius 3 is 2.74 bits per heavy atom. The number of hydrogen-bond acceptors (Lipinski definition) is 3. The molecule has 0 radical (unpaired) electrons. The van der Waals surface area contributed by atoms with Gasteiger partial charge in [0.05, 0.1) is 13.2 Å². The van der Waals surface area contributed by atoms with Crippen molar-refractivity contribution in [3.8, 4) is 0 Å². The third-order valence-corrected chi connectivity index (χ3v) is 4.82. The molecule has 0 saturated carbocycles. The number of rotatable bonds is 6. The summed E-state index contributed by atoms with van der Waals surface area (Å²) in [5.41, 5.74) is 0. The lowest BCUT2D eigenvalue weighted by Crippen LogP contribution is -2.46. The summed E-state index contributed by atoms with van der Waals surface area (Å²) in [6.45, 7) is 11.7. The lowest BCUT2D eigenvalue weighted by molar-refractivity contribution is 0.142. The normalized spacial score (nSPS) is 26.2. The number of ether oxygens (including phenoxy) is 1. The van der Waals surface area contributed by atoms with Crippen LogP contribution in [0.15, 0.2) is 4.99 Å². The maximum atomic E-state index is 5.23. The van der Waals surface area contributed by atoms with Gasteiger partial charge in [-0.15, -0.1) is 24.0 Å². The van der Waals surface area contributed by atoms with Crippen LogP contribution >= 0.6 is 24.0 Å². The standard InChI is InChI=1S/C17H34N4O.HI/c1-4-18-17(21-10-5-7-15(2)14-21)19-13-16-8-6-9-20(16)11-12-22-3;/h15-16H,4-14H2,1-3H3,(H,18,19);1H. The first-order valence-corrected chi connectivity index (χ1v) is 9.00. The van der Waals surface area contributed by atoms with E-state index in [-0.39, 0.29) is 24.0 Å². The molecule has 1 N–H and O–H groups in total. The van der Waals surface area contributed by atoms with E-state index in [9.17, 15) is 0 Å². The number of halogens is 1. The number of likely N-dealkylation sites (tertiary alicyclic amines) is 2. The van der Waals surface area contributed by atoms with Crippen LogP contribution in [-0.4, -0.2) is 74.8 Å². The van der Waals surface area contributed by atoms with Crippen molar-refractivity contribution in [2.24, 2.45) is 10.9 Å². The highest BCUT2D eigenvalue weighted by molar-refractivity contribution is 14.0. The van der Waals surface area contributed by atoms with Gasteiger partial charge in [-0.2, -0.15) is 0 Å². The van der Waals surface area contributed by atoms with Gasteiger partial charge in [0, 0.05) is 39.3 Å². The zero-order chi connectivity index (χ0) is 15.8. The number of hydrogen-bond donors (Lipinski definition) is 1. The Bertz CT molecular complexity index is 353. The van der Waals surface area contributed by atoms with Crippen LogP contribution in [-0.2, 0) is 4.74 Å². The Hall–Kier alpha value is -0.0800.